The van der Waals surface area contributed by atoms with Gasteiger partial charge < -0.3 is 11.1 Å². The molecule has 0 radical (unpaired) electrons. The van der Waals surface area contributed by atoms with Crippen LogP contribution in [0.4, 0.5) is 11.4 Å². The summed E-state index contributed by atoms with van der Waals surface area (Å²) < 4.78 is 0. The van der Waals surface area contributed by atoms with Crippen molar-refractivity contribution in [3.05, 3.63) is 83.4 Å². The highest BCUT2D eigenvalue weighted by atomic mass is 16.1. The van der Waals surface area contributed by atoms with Gasteiger partial charge in [0.1, 0.15) is 0 Å². The van der Waals surface area contributed by atoms with Crippen LogP contribution in [0, 0.1) is 6.92 Å². The zero-order valence-corrected chi connectivity index (χ0v) is 16.3. The molecule has 0 spiro atoms. The van der Waals surface area contributed by atoms with Gasteiger partial charge in [0.2, 0.25) is 0 Å². The van der Waals surface area contributed by atoms with Crippen LogP contribution >= 0.6 is 0 Å². The van der Waals surface area contributed by atoms with Gasteiger partial charge in [-0.05, 0) is 41.7 Å². The Bertz CT molecular complexity index is 949. The molecule has 0 aliphatic rings. The van der Waals surface area contributed by atoms with Crippen molar-refractivity contribution in [2.24, 2.45) is 0 Å². The van der Waals surface area contributed by atoms with E-state index in [1.165, 1.54) is 11.1 Å². The van der Waals surface area contributed by atoms with E-state index in [2.05, 4.69) is 38.2 Å². The van der Waals surface area contributed by atoms with Crippen LogP contribution in [0.2, 0.25) is 0 Å². The Morgan fingerprint density at radius 2 is 1.52 bits per heavy atom. The van der Waals surface area contributed by atoms with Crippen molar-refractivity contribution >= 4 is 17.3 Å². The Balaban J connectivity index is 1.91. The number of carbonyl (C=O) groups excluding carboxylic acids is 1. The number of para-hydroxylation sites is 1. The van der Waals surface area contributed by atoms with Gasteiger partial charge in [-0.15, -0.1) is 0 Å². The van der Waals surface area contributed by atoms with Crippen LogP contribution in [0.3, 0.4) is 0 Å². The maximum Gasteiger partial charge on any atom is 0.255 e. The number of nitrogen functional groups attached to an aromatic ring is 1. The first-order valence-electron chi connectivity index (χ1n) is 9.13. The molecule has 0 bridgehead atoms. The fourth-order valence-corrected chi connectivity index (χ4v) is 2.99. The Morgan fingerprint density at radius 3 is 2.11 bits per heavy atom. The molecule has 0 atom stereocenters. The van der Waals surface area contributed by atoms with Gasteiger partial charge in [0.15, 0.2) is 0 Å². The summed E-state index contributed by atoms with van der Waals surface area (Å²) >= 11 is 0. The average molecular weight is 358 g/mol. The van der Waals surface area contributed by atoms with E-state index in [0.29, 0.717) is 16.9 Å². The summed E-state index contributed by atoms with van der Waals surface area (Å²) in [6.45, 7) is 8.51. The molecule has 1 amide bonds. The highest BCUT2D eigenvalue weighted by Crippen LogP contribution is 2.33. The number of carbonyl (C=O) groups is 1. The van der Waals surface area contributed by atoms with Gasteiger partial charge >= 0.3 is 0 Å². The minimum Gasteiger partial charge on any atom is -0.397 e. The molecule has 138 valence electrons. The number of amides is 1. The molecule has 27 heavy (non-hydrogen) atoms. The predicted octanol–water partition coefficient (Wildman–Crippen LogP) is 5.79. The normalized spacial score (nSPS) is 11.3. The van der Waals surface area contributed by atoms with E-state index >= 15 is 0 Å². The minimum absolute atomic E-state index is 0.0530. The lowest BCUT2D eigenvalue weighted by molar-refractivity contribution is 0.102. The van der Waals surface area contributed by atoms with E-state index < -0.39 is 0 Å². The topological polar surface area (TPSA) is 55.1 Å². The predicted molar refractivity (Wildman–Crippen MR) is 114 cm³/mol. The van der Waals surface area contributed by atoms with Crippen molar-refractivity contribution in [3.63, 3.8) is 0 Å². The quantitative estimate of drug-likeness (QED) is 0.582. The molecule has 3 N–H and O–H groups in total. The van der Waals surface area contributed by atoms with E-state index in [-0.39, 0.29) is 11.3 Å². The number of nitrogens with one attached hydrogen (secondary N) is 1. The van der Waals surface area contributed by atoms with Gasteiger partial charge in [-0.25, -0.2) is 0 Å². The van der Waals surface area contributed by atoms with E-state index in [4.69, 9.17) is 5.73 Å². The van der Waals surface area contributed by atoms with Crippen LogP contribution in [0.1, 0.15) is 42.3 Å². The average Bonchev–Trinajstić information content (AvgIpc) is 2.63. The number of hydrogen-bond donors (Lipinski definition) is 2. The summed E-state index contributed by atoms with van der Waals surface area (Å²) in [7, 11) is 0. The van der Waals surface area contributed by atoms with Gasteiger partial charge in [0, 0.05) is 11.1 Å². The highest BCUT2D eigenvalue weighted by Gasteiger charge is 2.16. The van der Waals surface area contributed by atoms with Gasteiger partial charge in [0.05, 0.1) is 11.4 Å². The van der Waals surface area contributed by atoms with Gasteiger partial charge in [-0.1, -0.05) is 74.9 Å². The van der Waals surface area contributed by atoms with Crippen LogP contribution in [0.25, 0.3) is 11.1 Å². The standard InChI is InChI=1S/C24H26N2O/c1-16-8-10-17(11-9-16)20-6-5-7-21(25)22(20)26-23(27)18-12-14-19(15-13-18)24(2,3)4/h5-15H,25H2,1-4H3,(H,26,27). The molecule has 0 aromatic heterocycles. The molecule has 3 nitrogen and oxygen atoms in total. The molecule has 0 fully saturated rings. The van der Waals surface area contributed by atoms with Gasteiger partial charge in [0.25, 0.3) is 5.91 Å². The molecule has 0 heterocycles. The number of nitrogens with two attached hydrogens (primary N) is 1. The Hall–Kier alpha value is -3.07. The fourth-order valence-electron chi connectivity index (χ4n) is 2.99. The molecule has 0 saturated heterocycles. The van der Waals surface area contributed by atoms with Crippen molar-refractivity contribution < 1.29 is 4.79 Å². The molecular formula is C24H26N2O. The Morgan fingerprint density at radius 1 is 0.889 bits per heavy atom. The van der Waals surface area contributed by atoms with Crippen molar-refractivity contribution in [1.29, 1.82) is 0 Å². The zero-order chi connectivity index (χ0) is 19.6. The third kappa shape index (κ3) is 4.20. The lowest BCUT2D eigenvalue weighted by Gasteiger charge is -2.19. The Kier molecular flexibility index (Phi) is 5.04. The van der Waals surface area contributed by atoms with Crippen LogP contribution in [-0.2, 0) is 5.41 Å². The van der Waals surface area contributed by atoms with Crippen molar-refractivity contribution in [2.75, 3.05) is 11.1 Å². The lowest BCUT2D eigenvalue weighted by Crippen LogP contribution is -2.15. The third-order valence-corrected chi connectivity index (χ3v) is 4.71. The molecule has 0 aliphatic carbocycles. The smallest absolute Gasteiger partial charge is 0.255 e. The van der Waals surface area contributed by atoms with E-state index in [9.17, 15) is 4.79 Å². The highest BCUT2D eigenvalue weighted by molar-refractivity contribution is 6.08. The number of hydrogen-bond acceptors (Lipinski definition) is 2. The zero-order valence-electron chi connectivity index (χ0n) is 16.3. The van der Waals surface area contributed by atoms with Crippen LogP contribution in [-0.4, -0.2) is 5.91 Å². The molecule has 3 aromatic rings. The van der Waals surface area contributed by atoms with E-state index in [1.54, 1.807) is 6.07 Å². The molecule has 3 aromatic carbocycles. The first-order valence-corrected chi connectivity index (χ1v) is 9.13. The Labute approximate surface area is 161 Å². The minimum atomic E-state index is -0.165. The van der Waals surface area contributed by atoms with Gasteiger partial charge in [-0.3, -0.25) is 4.79 Å². The molecule has 0 aliphatic heterocycles. The van der Waals surface area contributed by atoms with E-state index in [1.807, 2.05) is 55.5 Å². The first-order chi connectivity index (χ1) is 12.8. The van der Waals surface area contributed by atoms with Crippen molar-refractivity contribution in [1.82, 2.24) is 0 Å². The van der Waals surface area contributed by atoms with Crippen LogP contribution in [0.15, 0.2) is 66.7 Å². The van der Waals surface area contributed by atoms with Crippen LogP contribution < -0.4 is 11.1 Å². The van der Waals surface area contributed by atoms with E-state index in [0.717, 1.165) is 11.1 Å². The van der Waals surface area contributed by atoms with Crippen molar-refractivity contribution in [2.45, 2.75) is 33.1 Å². The summed E-state index contributed by atoms with van der Waals surface area (Å²) in [6, 6.07) is 21.6. The SMILES string of the molecule is Cc1ccc(-c2cccc(N)c2NC(=O)c2ccc(C(C)(C)C)cc2)cc1. The first kappa shape index (κ1) is 18.7. The monoisotopic (exact) mass is 358 g/mol. The maximum absolute atomic E-state index is 12.8. The van der Waals surface area contributed by atoms with Crippen molar-refractivity contribution in [3.8, 4) is 11.1 Å². The fraction of sp³-hybridized carbons (Fsp3) is 0.208. The number of anilines is 2. The molecule has 3 rings (SSSR count). The second-order valence-corrected chi connectivity index (χ2v) is 7.92. The maximum atomic E-state index is 12.8. The summed E-state index contributed by atoms with van der Waals surface area (Å²) in [6.07, 6.45) is 0. The molecule has 0 saturated carbocycles. The number of rotatable bonds is 3. The largest absolute Gasteiger partial charge is 0.397 e. The summed E-state index contributed by atoms with van der Waals surface area (Å²) in [4.78, 5) is 12.8. The molecular weight excluding hydrogens is 332 g/mol. The number of benzene rings is 3. The third-order valence-electron chi connectivity index (χ3n) is 4.71. The summed E-state index contributed by atoms with van der Waals surface area (Å²) in [5, 5.41) is 3.00. The second-order valence-electron chi connectivity index (χ2n) is 7.92. The number of aryl methyl sites for hydroxylation is 1. The van der Waals surface area contributed by atoms with Crippen LogP contribution in [0.5, 0.6) is 0 Å². The molecule has 0 unspecified atom stereocenters. The molecule has 3 heteroatoms. The summed E-state index contributed by atoms with van der Waals surface area (Å²) in [5.41, 5.74) is 12.4. The second kappa shape index (κ2) is 7.28. The summed E-state index contributed by atoms with van der Waals surface area (Å²) in [5.74, 6) is -0.165. The van der Waals surface area contributed by atoms with Gasteiger partial charge in [-0.2, -0.15) is 0 Å². The lowest BCUT2D eigenvalue weighted by atomic mass is 9.86.